The normalized spacial score (nSPS) is 13.3. The van der Waals surface area contributed by atoms with Gasteiger partial charge >= 0.3 is 0 Å². The summed E-state index contributed by atoms with van der Waals surface area (Å²) < 4.78 is 1.85. The van der Waals surface area contributed by atoms with Gasteiger partial charge in [-0.05, 0) is 34.7 Å². The maximum atomic E-state index is 10.4. The van der Waals surface area contributed by atoms with Gasteiger partial charge in [0.05, 0.1) is 12.1 Å². The fourth-order valence-corrected chi connectivity index (χ4v) is 3.51. The molecule has 4 heteroatoms. The molecule has 4 aromatic rings. The highest BCUT2D eigenvalue weighted by atomic mass is 16.3. The van der Waals surface area contributed by atoms with E-state index in [0.717, 1.165) is 16.7 Å². The fourth-order valence-electron chi connectivity index (χ4n) is 3.51. The second kappa shape index (κ2) is 7.56. The highest BCUT2D eigenvalue weighted by molar-refractivity contribution is 5.72. The molecule has 0 radical (unpaired) electrons. The van der Waals surface area contributed by atoms with E-state index in [-0.39, 0.29) is 6.04 Å². The molecule has 0 fully saturated rings. The van der Waals surface area contributed by atoms with Crippen LogP contribution in [-0.2, 0) is 0 Å². The first kappa shape index (κ1) is 17.2. The maximum Gasteiger partial charge on any atom is 0.119 e. The van der Waals surface area contributed by atoms with E-state index in [1.54, 1.807) is 19.6 Å². The van der Waals surface area contributed by atoms with E-state index in [1.165, 1.54) is 11.1 Å². The Morgan fingerprint density at radius 1 is 0.704 bits per heavy atom. The maximum absolute atomic E-state index is 10.4. The molecule has 27 heavy (non-hydrogen) atoms. The van der Waals surface area contributed by atoms with Crippen LogP contribution in [-0.4, -0.2) is 26.0 Å². The fraction of sp³-hybridized carbons (Fsp3) is 0.130. The summed E-state index contributed by atoms with van der Waals surface area (Å²) in [5, 5.41) is 18.2. The van der Waals surface area contributed by atoms with Crippen LogP contribution in [0.3, 0.4) is 0 Å². The number of benzene rings is 3. The minimum Gasteiger partial charge on any atom is -0.391 e. The second-order valence-electron chi connectivity index (χ2n) is 6.63. The zero-order chi connectivity index (χ0) is 18.6. The van der Waals surface area contributed by atoms with Crippen LogP contribution in [0.2, 0.25) is 0 Å². The molecule has 0 saturated carbocycles. The molecule has 0 saturated heterocycles. The Morgan fingerprint density at radius 3 is 1.93 bits per heavy atom. The zero-order valence-electron chi connectivity index (χ0n) is 15.1. The predicted molar refractivity (Wildman–Crippen MR) is 107 cm³/mol. The van der Waals surface area contributed by atoms with Gasteiger partial charge in [0.15, 0.2) is 0 Å². The minimum atomic E-state index is -0.578. The van der Waals surface area contributed by atoms with Crippen molar-refractivity contribution in [1.29, 1.82) is 0 Å². The standard InChI is InChI=1S/C23H21N3O/c1-17(27)23(26-15-24-25-16-26)22-10-6-5-9-21(22)20-13-11-19(12-14-20)18-7-3-2-4-8-18/h2-17,23,27H,1H3. The molecule has 134 valence electrons. The molecular weight excluding hydrogens is 334 g/mol. The number of hydrogen-bond donors (Lipinski definition) is 1. The van der Waals surface area contributed by atoms with E-state index in [2.05, 4.69) is 58.7 Å². The lowest BCUT2D eigenvalue weighted by atomic mass is 9.91. The minimum absolute atomic E-state index is 0.245. The third kappa shape index (κ3) is 3.52. The summed E-state index contributed by atoms with van der Waals surface area (Å²) >= 11 is 0. The van der Waals surface area contributed by atoms with Crippen molar-refractivity contribution in [3.05, 3.63) is 97.1 Å². The topological polar surface area (TPSA) is 50.9 Å². The Balaban J connectivity index is 1.75. The summed E-state index contributed by atoms with van der Waals surface area (Å²) in [5.74, 6) is 0. The Morgan fingerprint density at radius 2 is 1.26 bits per heavy atom. The van der Waals surface area contributed by atoms with Crippen LogP contribution in [0.15, 0.2) is 91.5 Å². The lowest BCUT2D eigenvalue weighted by Gasteiger charge is -2.24. The van der Waals surface area contributed by atoms with E-state index >= 15 is 0 Å². The summed E-state index contributed by atoms with van der Waals surface area (Å²) in [6.07, 6.45) is 2.71. The molecule has 0 bridgehead atoms. The van der Waals surface area contributed by atoms with Crippen LogP contribution in [0.25, 0.3) is 22.3 Å². The SMILES string of the molecule is CC(O)C(c1ccccc1-c1ccc(-c2ccccc2)cc1)n1cnnc1. The molecule has 0 amide bonds. The molecule has 2 atom stereocenters. The first-order chi connectivity index (χ1) is 13.2. The quantitative estimate of drug-likeness (QED) is 0.570. The van der Waals surface area contributed by atoms with E-state index in [9.17, 15) is 5.11 Å². The molecule has 0 spiro atoms. The summed E-state index contributed by atoms with van der Waals surface area (Å²) in [7, 11) is 0. The molecule has 4 rings (SSSR count). The first-order valence-electron chi connectivity index (χ1n) is 9.01. The van der Waals surface area contributed by atoms with Crippen LogP contribution < -0.4 is 0 Å². The lowest BCUT2D eigenvalue weighted by Crippen LogP contribution is -2.22. The zero-order valence-corrected chi connectivity index (χ0v) is 15.1. The Bertz CT molecular complexity index is 994. The van der Waals surface area contributed by atoms with Crippen molar-refractivity contribution in [3.63, 3.8) is 0 Å². The smallest absolute Gasteiger partial charge is 0.119 e. The van der Waals surface area contributed by atoms with E-state index in [0.29, 0.717) is 0 Å². The van der Waals surface area contributed by atoms with Crippen LogP contribution in [0.1, 0.15) is 18.5 Å². The van der Waals surface area contributed by atoms with E-state index in [1.807, 2.05) is 34.9 Å². The highest BCUT2D eigenvalue weighted by Crippen LogP contribution is 2.33. The van der Waals surface area contributed by atoms with Crippen LogP contribution >= 0.6 is 0 Å². The van der Waals surface area contributed by atoms with Crippen molar-refractivity contribution in [2.24, 2.45) is 0 Å². The highest BCUT2D eigenvalue weighted by Gasteiger charge is 2.22. The van der Waals surface area contributed by atoms with Crippen molar-refractivity contribution < 1.29 is 5.11 Å². The van der Waals surface area contributed by atoms with Crippen LogP contribution in [0.4, 0.5) is 0 Å². The van der Waals surface area contributed by atoms with Crippen LogP contribution in [0.5, 0.6) is 0 Å². The second-order valence-corrected chi connectivity index (χ2v) is 6.63. The van der Waals surface area contributed by atoms with Crippen molar-refractivity contribution in [2.45, 2.75) is 19.1 Å². The third-order valence-corrected chi connectivity index (χ3v) is 4.80. The van der Waals surface area contributed by atoms with Gasteiger partial charge in [-0.15, -0.1) is 10.2 Å². The van der Waals surface area contributed by atoms with Gasteiger partial charge in [0.1, 0.15) is 12.7 Å². The Labute approximate surface area is 158 Å². The van der Waals surface area contributed by atoms with Gasteiger partial charge in [-0.3, -0.25) is 0 Å². The number of rotatable bonds is 5. The van der Waals surface area contributed by atoms with Gasteiger partial charge in [-0.25, -0.2) is 0 Å². The molecule has 3 aromatic carbocycles. The Hall–Kier alpha value is -3.24. The van der Waals surface area contributed by atoms with Crippen LogP contribution in [0, 0.1) is 0 Å². The largest absolute Gasteiger partial charge is 0.391 e. The van der Waals surface area contributed by atoms with Crippen molar-refractivity contribution in [1.82, 2.24) is 14.8 Å². The molecular formula is C23H21N3O. The van der Waals surface area contributed by atoms with Crippen molar-refractivity contribution >= 4 is 0 Å². The summed E-state index contributed by atoms with van der Waals surface area (Å²) in [6.45, 7) is 1.79. The average molecular weight is 355 g/mol. The monoisotopic (exact) mass is 355 g/mol. The predicted octanol–water partition coefficient (Wildman–Crippen LogP) is 4.58. The van der Waals surface area contributed by atoms with Gasteiger partial charge in [-0.1, -0.05) is 78.9 Å². The van der Waals surface area contributed by atoms with Gasteiger partial charge in [-0.2, -0.15) is 0 Å². The number of aliphatic hydroxyl groups excluding tert-OH is 1. The Kier molecular flexibility index (Phi) is 4.81. The van der Waals surface area contributed by atoms with Gasteiger partial charge in [0.2, 0.25) is 0 Å². The molecule has 1 aromatic heterocycles. The van der Waals surface area contributed by atoms with Crippen molar-refractivity contribution in [3.8, 4) is 22.3 Å². The molecule has 4 nitrogen and oxygen atoms in total. The number of hydrogen-bond acceptors (Lipinski definition) is 3. The van der Waals surface area contributed by atoms with Crippen molar-refractivity contribution in [2.75, 3.05) is 0 Å². The van der Waals surface area contributed by atoms with Gasteiger partial charge in [0.25, 0.3) is 0 Å². The van der Waals surface area contributed by atoms with E-state index < -0.39 is 6.10 Å². The lowest BCUT2D eigenvalue weighted by molar-refractivity contribution is 0.148. The molecule has 1 heterocycles. The summed E-state index contributed by atoms with van der Waals surface area (Å²) in [6, 6.07) is 26.8. The van der Waals surface area contributed by atoms with Gasteiger partial charge in [0, 0.05) is 0 Å². The number of nitrogens with zero attached hydrogens (tertiary/aromatic N) is 3. The molecule has 1 N–H and O–H groups in total. The summed E-state index contributed by atoms with van der Waals surface area (Å²) in [4.78, 5) is 0. The molecule has 0 aliphatic rings. The van der Waals surface area contributed by atoms with E-state index in [4.69, 9.17) is 0 Å². The third-order valence-electron chi connectivity index (χ3n) is 4.80. The number of aromatic nitrogens is 3. The number of aliphatic hydroxyl groups is 1. The average Bonchev–Trinajstić information content (AvgIpc) is 3.23. The summed E-state index contributed by atoms with van der Waals surface area (Å²) in [5.41, 5.74) is 5.63. The molecule has 0 aliphatic carbocycles. The molecule has 2 unspecified atom stereocenters. The molecule has 0 aliphatic heterocycles. The van der Waals surface area contributed by atoms with Gasteiger partial charge < -0.3 is 9.67 Å². The first-order valence-corrected chi connectivity index (χ1v) is 9.01.